The molecule has 34 heavy (non-hydrogen) atoms. The summed E-state index contributed by atoms with van der Waals surface area (Å²) in [6.45, 7) is -0.239. The first-order valence-electron chi connectivity index (χ1n) is 10.6. The molecule has 2 aromatic rings. The van der Waals surface area contributed by atoms with Gasteiger partial charge in [-0.1, -0.05) is 28.8 Å². The van der Waals surface area contributed by atoms with Crippen molar-refractivity contribution in [3.8, 4) is 0 Å². The number of carbonyl (C=O) groups is 3. The molecule has 12 heteroatoms. The summed E-state index contributed by atoms with van der Waals surface area (Å²) in [7, 11) is -3.85. The highest BCUT2D eigenvalue weighted by Crippen LogP contribution is 2.20. The molecule has 2 aromatic carbocycles. The quantitative estimate of drug-likeness (QED) is 0.324. The van der Waals surface area contributed by atoms with E-state index in [2.05, 4.69) is 31.9 Å². The Morgan fingerprint density at radius 1 is 0.941 bits per heavy atom. The fourth-order valence-electron chi connectivity index (χ4n) is 3.76. The van der Waals surface area contributed by atoms with E-state index in [1.54, 1.807) is 18.2 Å². The van der Waals surface area contributed by atoms with Gasteiger partial charge in [0.25, 0.3) is 11.8 Å². The van der Waals surface area contributed by atoms with E-state index in [0.717, 1.165) is 12.8 Å². The van der Waals surface area contributed by atoms with Crippen LogP contribution in [0.2, 0.25) is 0 Å². The zero-order chi connectivity index (χ0) is 24.9. The normalized spacial score (nSPS) is 18.1. The summed E-state index contributed by atoms with van der Waals surface area (Å²) in [5, 5.41) is 13.4. The molecule has 2 atom stereocenters. The van der Waals surface area contributed by atoms with Gasteiger partial charge in [0.15, 0.2) is 0 Å². The van der Waals surface area contributed by atoms with E-state index in [-0.39, 0.29) is 46.5 Å². The van der Waals surface area contributed by atoms with Crippen LogP contribution in [0.1, 0.15) is 46.4 Å². The fourth-order valence-corrected chi connectivity index (χ4v) is 4.64. The minimum absolute atomic E-state index is 0.0847. The average Bonchev–Trinajstić information content (AvgIpc) is 2.80. The molecule has 0 saturated heterocycles. The third kappa shape index (κ3) is 6.78. The number of primary sulfonamides is 1. The van der Waals surface area contributed by atoms with Crippen LogP contribution in [0.5, 0.6) is 0 Å². The highest BCUT2D eigenvalue weighted by atomic mass is 79.9. The van der Waals surface area contributed by atoms with Gasteiger partial charge in [-0.05, 0) is 55.3 Å². The smallest absolute Gasteiger partial charge is 0.253 e. The Kier molecular flexibility index (Phi) is 8.28. The number of rotatable bonds is 7. The molecule has 1 aliphatic rings. The van der Waals surface area contributed by atoms with Crippen LogP contribution in [-0.2, 0) is 14.8 Å². The SMILES string of the molecule is Nc1ccc(Br)cc1C(=O)NCC(=O)NC1CCCCC1NC(=O)c1ccc(S(N)(=O)=O)cc1. The van der Waals surface area contributed by atoms with Crippen LogP contribution in [0.25, 0.3) is 0 Å². The molecule has 2 unspecified atom stereocenters. The first kappa shape index (κ1) is 25.7. The van der Waals surface area contributed by atoms with Crippen LogP contribution >= 0.6 is 15.9 Å². The molecular weight excluding hydrogens is 526 g/mol. The third-order valence-electron chi connectivity index (χ3n) is 5.54. The Balaban J connectivity index is 1.57. The predicted octanol–water partition coefficient (Wildman–Crippen LogP) is 1.27. The third-order valence-corrected chi connectivity index (χ3v) is 6.97. The van der Waals surface area contributed by atoms with E-state index in [9.17, 15) is 22.8 Å². The minimum Gasteiger partial charge on any atom is -0.398 e. The van der Waals surface area contributed by atoms with Crippen molar-refractivity contribution in [2.24, 2.45) is 5.14 Å². The van der Waals surface area contributed by atoms with Crippen LogP contribution in [-0.4, -0.2) is 44.8 Å². The van der Waals surface area contributed by atoms with Crippen LogP contribution < -0.4 is 26.8 Å². The molecule has 1 aliphatic carbocycles. The van der Waals surface area contributed by atoms with Crippen molar-refractivity contribution in [3.63, 3.8) is 0 Å². The first-order valence-corrected chi connectivity index (χ1v) is 12.9. The van der Waals surface area contributed by atoms with E-state index in [0.29, 0.717) is 23.0 Å². The summed E-state index contributed by atoms with van der Waals surface area (Å²) in [6.07, 6.45) is 3.13. The molecule has 3 rings (SSSR count). The maximum Gasteiger partial charge on any atom is 0.253 e. The van der Waals surface area contributed by atoms with Crippen molar-refractivity contribution < 1.29 is 22.8 Å². The number of nitrogen functional groups attached to an aromatic ring is 1. The lowest BCUT2D eigenvalue weighted by molar-refractivity contribution is -0.121. The molecule has 0 spiro atoms. The van der Waals surface area contributed by atoms with Gasteiger partial charge < -0.3 is 21.7 Å². The van der Waals surface area contributed by atoms with Gasteiger partial charge in [0.2, 0.25) is 15.9 Å². The zero-order valence-electron chi connectivity index (χ0n) is 18.2. The van der Waals surface area contributed by atoms with Gasteiger partial charge in [-0.15, -0.1) is 0 Å². The van der Waals surface area contributed by atoms with Crippen molar-refractivity contribution >= 4 is 49.4 Å². The Bertz CT molecular complexity index is 1190. The second-order valence-corrected chi connectivity index (χ2v) is 10.5. The summed E-state index contributed by atoms with van der Waals surface area (Å²) < 4.78 is 23.5. The molecule has 3 amide bonds. The molecule has 0 bridgehead atoms. The first-order chi connectivity index (χ1) is 16.0. The standard InChI is InChI=1S/C22H26BrN5O5S/c23-14-7-10-17(24)16(11-14)22(31)26-12-20(29)27-18-3-1-2-4-19(18)28-21(30)13-5-8-15(9-6-13)34(25,32)33/h5-11,18-19H,1-4,12,24H2,(H,26,31)(H,27,29)(H,28,30)(H2,25,32,33). The lowest BCUT2D eigenvalue weighted by atomic mass is 9.90. The van der Waals surface area contributed by atoms with Crippen molar-refractivity contribution in [2.75, 3.05) is 12.3 Å². The molecule has 0 radical (unpaired) electrons. The van der Waals surface area contributed by atoms with Gasteiger partial charge in [-0.25, -0.2) is 13.6 Å². The van der Waals surface area contributed by atoms with Crippen LogP contribution in [0, 0.1) is 0 Å². The minimum atomic E-state index is -3.85. The highest BCUT2D eigenvalue weighted by Gasteiger charge is 2.28. The van der Waals surface area contributed by atoms with E-state index >= 15 is 0 Å². The maximum atomic E-state index is 12.7. The number of benzene rings is 2. The van der Waals surface area contributed by atoms with E-state index < -0.39 is 15.9 Å². The maximum absolute atomic E-state index is 12.7. The lowest BCUT2D eigenvalue weighted by Crippen LogP contribution is -2.54. The van der Waals surface area contributed by atoms with Crippen molar-refractivity contribution in [1.82, 2.24) is 16.0 Å². The summed E-state index contributed by atoms with van der Waals surface area (Å²) in [6, 6.07) is 9.58. The summed E-state index contributed by atoms with van der Waals surface area (Å²) in [5.41, 5.74) is 6.67. The average molecular weight is 552 g/mol. The molecule has 0 aromatic heterocycles. The number of amides is 3. The zero-order valence-corrected chi connectivity index (χ0v) is 20.6. The number of nitrogens with two attached hydrogens (primary N) is 2. The Morgan fingerprint density at radius 2 is 1.56 bits per heavy atom. The topological polar surface area (TPSA) is 173 Å². The van der Waals surface area contributed by atoms with Gasteiger partial charge in [-0.3, -0.25) is 14.4 Å². The number of halogens is 1. The molecular formula is C22H26BrN5O5S. The largest absolute Gasteiger partial charge is 0.398 e. The predicted molar refractivity (Wildman–Crippen MR) is 130 cm³/mol. The summed E-state index contributed by atoms with van der Waals surface area (Å²) >= 11 is 3.28. The number of sulfonamides is 1. The summed E-state index contributed by atoms with van der Waals surface area (Å²) in [4.78, 5) is 37.4. The molecule has 7 N–H and O–H groups in total. The number of hydrogen-bond acceptors (Lipinski definition) is 6. The fraction of sp³-hybridized carbons (Fsp3) is 0.318. The van der Waals surface area contributed by atoms with Gasteiger partial charge in [0, 0.05) is 27.8 Å². The van der Waals surface area contributed by atoms with Crippen molar-refractivity contribution in [1.29, 1.82) is 0 Å². The Hall–Kier alpha value is -2.96. The van der Waals surface area contributed by atoms with Crippen LogP contribution in [0.4, 0.5) is 5.69 Å². The number of carbonyl (C=O) groups excluding carboxylic acids is 3. The van der Waals surface area contributed by atoms with Crippen LogP contribution in [0.15, 0.2) is 51.8 Å². The van der Waals surface area contributed by atoms with E-state index in [1.165, 1.54) is 24.3 Å². The Labute approximate surface area is 206 Å². The summed E-state index contributed by atoms with van der Waals surface area (Å²) in [5.74, 6) is -1.23. The molecule has 1 saturated carbocycles. The number of anilines is 1. The molecule has 0 aliphatic heterocycles. The molecule has 0 heterocycles. The van der Waals surface area contributed by atoms with E-state index in [1.807, 2.05) is 0 Å². The van der Waals surface area contributed by atoms with E-state index in [4.69, 9.17) is 10.9 Å². The highest BCUT2D eigenvalue weighted by molar-refractivity contribution is 9.10. The molecule has 182 valence electrons. The number of nitrogens with one attached hydrogen (secondary N) is 3. The second-order valence-electron chi connectivity index (χ2n) is 8.02. The van der Waals surface area contributed by atoms with Gasteiger partial charge >= 0.3 is 0 Å². The van der Waals surface area contributed by atoms with Gasteiger partial charge in [-0.2, -0.15) is 0 Å². The lowest BCUT2D eigenvalue weighted by Gasteiger charge is -2.33. The number of hydrogen-bond donors (Lipinski definition) is 5. The van der Waals surface area contributed by atoms with Gasteiger partial charge in [0.1, 0.15) is 0 Å². The van der Waals surface area contributed by atoms with Gasteiger partial charge in [0.05, 0.1) is 17.0 Å². The Morgan fingerprint density at radius 3 is 2.18 bits per heavy atom. The monoisotopic (exact) mass is 551 g/mol. The molecule has 1 fully saturated rings. The van der Waals surface area contributed by atoms with Crippen LogP contribution in [0.3, 0.4) is 0 Å². The second kappa shape index (κ2) is 11.0. The van der Waals surface area contributed by atoms with Crippen molar-refractivity contribution in [3.05, 3.63) is 58.1 Å². The van der Waals surface area contributed by atoms with Crippen molar-refractivity contribution in [2.45, 2.75) is 42.7 Å². The molecule has 10 nitrogen and oxygen atoms in total.